The molecule has 1 aliphatic rings. The van der Waals surface area contributed by atoms with E-state index in [1.807, 2.05) is 48.3 Å². The molecule has 0 N–H and O–H groups in total. The molecule has 1 aliphatic heterocycles. The van der Waals surface area contributed by atoms with Crippen molar-refractivity contribution in [2.24, 2.45) is 0 Å². The van der Waals surface area contributed by atoms with E-state index in [-0.39, 0.29) is 12.7 Å². The summed E-state index contributed by atoms with van der Waals surface area (Å²) in [4.78, 5) is 29.8. The molecule has 0 bridgehead atoms. The number of anilines is 2. The largest absolute Gasteiger partial charge is 0.494 e. The lowest BCUT2D eigenvalue weighted by Crippen LogP contribution is -2.46. The number of halogens is 2. The zero-order chi connectivity index (χ0) is 30.2. The minimum Gasteiger partial charge on any atom is -0.494 e. The van der Waals surface area contributed by atoms with Crippen LogP contribution in [0.5, 0.6) is 5.75 Å². The Morgan fingerprint density at radius 1 is 1.00 bits per heavy atom. The van der Waals surface area contributed by atoms with Crippen LogP contribution >= 0.6 is 23.2 Å². The van der Waals surface area contributed by atoms with Gasteiger partial charge >= 0.3 is 5.97 Å². The van der Waals surface area contributed by atoms with Crippen LogP contribution in [0.2, 0.25) is 10.0 Å². The zero-order valence-electron chi connectivity index (χ0n) is 25.0. The van der Waals surface area contributed by atoms with Gasteiger partial charge in [0.15, 0.2) is 6.73 Å². The average molecular weight is 619 g/mol. The molecule has 1 saturated heterocycles. The van der Waals surface area contributed by atoms with E-state index in [4.69, 9.17) is 32.7 Å². The normalized spacial score (nSPS) is 13.9. The SMILES string of the molecule is CCCCCCCC(=O)OCN(C)c1cc(OCCCCN2CCN(c3cccc(Cl)c3Cl)CC2)ccc1/C=C\C=O. The van der Waals surface area contributed by atoms with Gasteiger partial charge in [-0.25, -0.2) is 0 Å². The van der Waals surface area contributed by atoms with Crippen molar-refractivity contribution in [3.05, 3.63) is 58.1 Å². The standard InChI is InChI=1S/C33H45Cl2N3O4/c1-3-4-5-6-7-15-32(40)42-26-36(2)31-25-28(17-16-27(31)12-11-23-39)41-24-9-8-18-37-19-21-38(22-20-37)30-14-10-13-29(34)33(30)35/h10-14,16-17,23,25H,3-9,15,18-22,24,26H2,1-2H3/b12-11-. The van der Waals surface area contributed by atoms with Gasteiger partial charge < -0.3 is 19.3 Å². The number of carbonyl (C=O) groups excluding carboxylic acids is 2. The Balaban J connectivity index is 1.41. The van der Waals surface area contributed by atoms with Crippen molar-refractivity contribution in [3.8, 4) is 5.75 Å². The predicted octanol–water partition coefficient (Wildman–Crippen LogP) is 7.48. The molecule has 7 nitrogen and oxygen atoms in total. The molecule has 0 amide bonds. The van der Waals surface area contributed by atoms with Gasteiger partial charge in [0.2, 0.25) is 0 Å². The maximum Gasteiger partial charge on any atom is 0.307 e. The van der Waals surface area contributed by atoms with Crippen molar-refractivity contribution >= 4 is 52.9 Å². The van der Waals surface area contributed by atoms with Gasteiger partial charge in [-0.3, -0.25) is 14.5 Å². The van der Waals surface area contributed by atoms with E-state index in [1.165, 1.54) is 18.9 Å². The van der Waals surface area contributed by atoms with Crippen LogP contribution in [0.15, 0.2) is 42.5 Å². The third-order valence-corrected chi connectivity index (χ3v) is 8.26. The fraction of sp³-hybridized carbons (Fsp3) is 0.515. The summed E-state index contributed by atoms with van der Waals surface area (Å²) in [5.41, 5.74) is 2.69. The third-order valence-electron chi connectivity index (χ3n) is 7.45. The molecule has 0 aromatic heterocycles. The highest BCUT2D eigenvalue weighted by molar-refractivity contribution is 6.43. The lowest BCUT2D eigenvalue weighted by Gasteiger charge is -2.36. The second kappa shape index (κ2) is 18.7. The van der Waals surface area contributed by atoms with Crippen LogP contribution in [0.4, 0.5) is 11.4 Å². The first-order valence-corrected chi connectivity index (χ1v) is 15.8. The number of ether oxygens (including phenoxy) is 2. The molecule has 1 heterocycles. The van der Waals surface area contributed by atoms with E-state index in [9.17, 15) is 9.59 Å². The van der Waals surface area contributed by atoms with Crippen molar-refractivity contribution in [1.82, 2.24) is 4.90 Å². The number of aldehydes is 1. The van der Waals surface area contributed by atoms with E-state index in [1.54, 1.807) is 6.08 Å². The Bertz CT molecular complexity index is 1150. The Hall–Kier alpha value is -2.74. The summed E-state index contributed by atoms with van der Waals surface area (Å²) >= 11 is 12.6. The van der Waals surface area contributed by atoms with E-state index in [2.05, 4.69) is 16.7 Å². The Morgan fingerprint density at radius 3 is 2.55 bits per heavy atom. The number of carbonyl (C=O) groups is 2. The van der Waals surface area contributed by atoms with Gasteiger partial charge in [-0.2, -0.15) is 0 Å². The number of hydrogen-bond acceptors (Lipinski definition) is 7. The van der Waals surface area contributed by atoms with Crippen molar-refractivity contribution in [1.29, 1.82) is 0 Å². The molecule has 0 spiro atoms. The molecule has 2 aromatic rings. The van der Waals surface area contributed by atoms with Crippen LogP contribution in [0.1, 0.15) is 63.9 Å². The highest BCUT2D eigenvalue weighted by atomic mass is 35.5. The van der Waals surface area contributed by atoms with Crippen LogP contribution in [0, 0.1) is 0 Å². The number of unbranched alkanes of at least 4 members (excludes halogenated alkanes) is 5. The summed E-state index contributed by atoms with van der Waals surface area (Å²) in [6.45, 7) is 7.75. The van der Waals surface area contributed by atoms with E-state index in [0.717, 1.165) is 93.8 Å². The molecule has 230 valence electrons. The lowest BCUT2D eigenvalue weighted by atomic mass is 10.1. The minimum atomic E-state index is -0.189. The topological polar surface area (TPSA) is 62.3 Å². The van der Waals surface area contributed by atoms with Crippen LogP contribution in [0.3, 0.4) is 0 Å². The third kappa shape index (κ3) is 11.2. The number of piperazine rings is 1. The summed E-state index contributed by atoms with van der Waals surface area (Å²) in [5.74, 6) is 0.555. The number of esters is 1. The summed E-state index contributed by atoms with van der Waals surface area (Å²) in [6, 6.07) is 11.5. The number of nitrogens with zero attached hydrogens (tertiary/aromatic N) is 3. The van der Waals surface area contributed by atoms with Gasteiger partial charge in [0.25, 0.3) is 0 Å². The molecule has 0 saturated carbocycles. The Labute approximate surface area is 261 Å². The monoisotopic (exact) mass is 617 g/mol. The minimum absolute atomic E-state index is 0.135. The van der Waals surface area contributed by atoms with Gasteiger partial charge in [-0.05, 0) is 67.8 Å². The smallest absolute Gasteiger partial charge is 0.307 e. The van der Waals surface area contributed by atoms with Gasteiger partial charge in [0.05, 0.1) is 28.0 Å². The summed E-state index contributed by atoms with van der Waals surface area (Å²) in [7, 11) is 1.87. The fourth-order valence-corrected chi connectivity index (χ4v) is 5.40. The number of allylic oxidation sites excluding steroid dienone is 1. The van der Waals surface area contributed by atoms with Crippen molar-refractivity contribution in [2.75, 3.05) is 62.9 Å². The molecule has 9 heteroatoms. The molecule has 42 heavy (non-hydrogen) atoms. The first-order valence-electron chi connectivity index (χ1n) is 15.1. The van der Waals surface area contributed by atoms with E-state index in [0.29, 0.717) is 23.1 Å². The van der Waals surface area contributed by atoms with Gasteiger partial charge in [-0.15, -0.1) is 0 Å². The fourth-order valence-electron chi connectivity index (χ4n) is 4.99. The van der Waals surface area contributed by atoms with Crippen LogP contribution in [-0.4, -0.2) is 70.3 Å². The maximum absolute atomic E-state index is 12.2. The Kier molecular flexibility index (Phi) is 15.1. The highest BCUT2D eigenvalue weighted by Gasteiger charge is 2.19. The van der Waals surface area contributed by atoms with Crippen LogP contribution < -0.4 is 14.5 Å². The quantitative estimate of drug-likeness (QED) is 0.0564. The first-order chi connectivity index (χ1) is 20.4. The number of hydrogen-bond donors (Lipinski definition) is 0. The molecule has 0 aliphatic carbocycles. The molecular formula is C33H45Cl2N3O4. The summed E-state index contributed by atoms with van der Waals surface area (Å²) in [6.07, 6.45) is 11.8. The highest BCUT2D eigenvalue weighted by Crippen LogP contribution is 2.33. The molecular weight excluding hydrogens is 573 g/mol. The predicted molar refractivity (Wildman–Crippen MR) is 174 cm³/mol. The number of benzene rings is 2. The molecule has 0 unspecified atom stereocenters. The number of rotatable bonds is 18. The van der Waals surface area contributed by atoms with Crippen molar-refractivity contribution < 1.29 is 19.1 Å². The summed E-state index contributed by atoms with van der Waals surface area (Å²) in [5, 5.41) is 1.22. The van der Waals surface area contributed by atoms with Gasteiger partial charge in [-0.1, -0.05) is 61.9 Å². The molecule has 0 radical (unpaired) electrons. The average Bonchev–Trinajstić information content (AvgIpc) is 3.00. The Morgan fingerprint density at radius 2 is 1.79 bits per heavy atom. The van der Waals surface area contributed by atoms with Crippen LogP contribution in [0.25, 0.3) is 6.08 Å². The second-order valence-electron chi connectivity index (χ2n) is 10.7. The summed E-state index contributed by atoms with van der Waals surface area (Å²) < 4.78 is 11.6. The van der Waals surface area contributed by atoms with Gasteiger partial charge in [0.1, 0.15) is 12.0 Å². The first kappa shape index (κ1) is 33.8. The lowest BCUT2D eigenvalue weighted by molar-refractivity contribution is -0.143. The zero-order valence-corrected chi connectivity index (χ0v) is 26.5. The van der Waals surface area contributed by atoms with Crippen molar-refractivity contribution in [2.45, 2.75) is 58.3 Å². The molecule has 3 rings (SSSR count). The maximum atomic E-state index is 12.2. The van der Waals surface area contributed by atoms with Gasteiger partial charge in [0, 0.05) is 45.7 Å². The molecule has 2 aromatic carbocycles. The van der Waals surface area contributed by atoms with E-state index >= 15 is 0 Å². The molecule has 1 fully saturated rings. The van der Waals surface area contributed by atoms with Crippen LogP contribution in [-0.2, 0) is 14.3 Å². The van der Waals surface area contributed by atoms with E-state index < -0.39 is 0 Å². The van der Waals surface area contributed by atoms with Crippen molar-refractivity contribution in [3.63, 3.8) is 0 Å². The molecule has 0 atom stereocenters. The second-order valence-corrected chi connectivity index (χ2v) is 11.5.